The molecule has 0 fully saturated rings. The minimum Gasteiger partial charge on any atom is -0.291 e. The first kappa shape index (κ1) is 11.7. The molecule has 1 aromatic carbocycles. The molecule has 0 saturated heterocycles. The standard InChI is InChI=1S/C13H11ClN2O/c1-8-5-10(3-4-12(8)14)11-6-15-13(9(2)17)16-7-11/h3-7H,1-2H3. The van der Waals surface area contributed by atoms with Crippen LogP contribution in [0.15, 0.2) is 30.6 Å². The number of aryl methyl sites for hydroxylation is 1. The molecule has 0 saturated carbocycles. The van der Waals surface area contributed by atoms with Gasteiger partial charge < -0.3 is 0 Å². The molecular weight excluding hydrogens is 236 g/mol. The van der Waals surface area contributed by atoms with Crippen LogP contribution in [0.5, 0.6) is 0 Å². The molecule has 0 aliphatic carbocycles. The number of ketones is 1. The van der Waals surface area contributed by atoms with Gasteiger partial charge >= 0.3 is 0 Å². The zero-order valence-electron chi connectivity index (χ0n) is 9.57. The van der Waals surface area contributed by atoms with E-state index in [-0.39, 0.29) is 11.6 Å². The van der Waals surface area contributed by atoms with Gasteiger partial charge in [-0.05, 0) is 30.2 Å². The van der Waals surface area contributed by atoms with E-state index in [4.69, 9.17) is 11.6 Å². The van der Waals surface area contributed by atoms with Gasteiger partial charge in [0.25, 0.3) is 0 Å². The Bertz CT molecular complexity index is 564. The third-order valence-electron chi connectivity index (χ3n) is 2.46. The molecule has 4 heteroatoms. The largest absolute Gasteiger partial charge is 0.291 e. The molecule has 0 aliphatic rings. The zero-order chi connectivity index (χ0) is 12.4. The summed E-state index contributed by atoms with van der Waals surface area (Å²) < 4.78 is 0. The predicted octanol–water partition coefficient (Wildman–Crippen LogP) is 3.31. The van der Waals surface area contributed by atoms with Crippen molar-refractivity contribution in [3.05, 3.63) is 47.0 Å². The van der Waals surface area contributed by atoms with Crippen molar-refractivity contribution in [2.75, 3.05) is 0 Å². The summed E-state index contributed by atoms with van der Waals surface area (Å²) in [6.07, 6.45) is 3.29. The van der Waals surface area contributed by atoms with Crippen molar-refractivity contribution < 1.29 is 4.79 Å². The molecule has 1 aromatic heterocycles. The van der Waals surface area contributed by atoms with Gasteiger partial charge in [-0.1, -0.05) is 17.7 Å². The lowest BCUT2D eigenvalue weighted by Crippen LogP contribution is -2.00. The third kappa shape index (κ3) is 2.50. The van der Waals surface area contributed by atoms with Crippen molar-refractivity contribution in [2.24, 2.45) is 0 Å². The maximum Gasteiger partial charge on any atom is 0.196 e. The lowest BCUT2D eigenvalue weighted by atomic mass is 10.1. The van der Waals surface area contributed by atoms with Gasteiger partial charge in [0.2, 0.25) is 0 Å². The van der Waals surface area contributed by atoms with E-state index in [2.05, 4.69) is 9.97 Å². The quantitative estimate of drug-likeness (QED) is 0.764. The second-order valence-electron chi connectivity index (χ2n) is 3.82. The van der Waals surface area contributed by atoms with Crippen LogP contribution in [0.1, 0.15) is 23.1 Å². The van der Waals surface area contributed by atoms with E-state index in [0.717, 1.165) is 21.7 Å². The molecule has 1 heterocycles. The van der Waals surface area contributed by atoms with Crippen molar-refractivity contribution >= 4 is 17.4 Å². The average molecular weight is 247 g/mol. The molecule has 0 radical (unpaired) electrons. The highest BCUT2D eigenvalue weighted by Crippen LogP contribution is 2.23. The monoisotopic (exact) mass is 246 g/mol. The fraction of sp³-hybridized carbons (Fsp3) is 0.154. The van der Waals surface area contributed by atoms with E-state index >= 15 is 0 Å². The number of carbonyl (C=O) groups is 1. The highest BCUT2D eigenvalue weighted by atomic mass is 35.5. The van der Waals surface area contributed by atoms with E-state index in [9.17, 15) is 4.79 Å². The first-order chi connectivity index (χ1) is 8.08. The Morgan fingerprint density at radius 2 is 1.82 bits per heavy atom. The number of benzene rings is 1. The molecule has 3 nitrogen and oxygen atoms in total. The van der Waals surface area contributed by atoms with E-state index in [1.54, 1.807) is 12.4 Å². The Morgan fingerprint density at radius 1 is 1.18 bits per heavy atom. The number of hydrogen-bond donors (Lipinski definition) is 0. The second kappa shape index (κ2) is 4.63. The van der Waals surface area contributed by atoms with Gasteiger partial charge in [-0.25, -0.2) is 9.97 Å². The Morgan fingerprint density at radius 3 is 2.35 bits per heavy atom. The van der Waals surface area contributed by atoms with Crippen LogP contribution in [0.2, 0.25) is 5.02 Å². The number of nitrogens with zero attached hydrogens (tertiary/aromatic N) is 2. The van der Waals surface area contributed by atoms with Gasteiger partial charge in [0, 0.05) is 29.9 Å². The second-order valence-corrected chi connectivity index (χ2v) is 4.22. The Hall–Kier alpha value is -1.74. The Balaban J connectivity index is 2.39. The van der Waals surface area contributed by atoms with Crippen molar-refractivity contribution in [3.8, 4) is 11.1 Å². The summed E-state index contributed by atoms with van der Waals surface area (Å²) in [5.41, 5.74) is 2.86. The van der Waals surface area contributed by atoms with Crippen LogP contribution < -0.4 is 0 Å². The minimum absolute atomic E-state index is 0.135. The summed E-state index contributed by atoms with van der Waals surface area (Å²) in [6.45, 7) is 3.39. The lowest BCUT2D eigenvalue weighted by Gasteiger charge is -2.04. The Kier molecular flexibility index (Phi) is 3.20. The number of halogens is 1. The summed E-state index contributed by atoms with van der Waals surface area (Å²) in [5.74, 6) is 0.100. The van der Waals surface area contributed by atoms with Gasteiger partial charge in [0.1, 0.15) is 0 Å². The molecule has 0 bridgehead atoms. The molecule has 86 valence electrons. The Labute approximate surface area is 104 Å². The normalized spacial score (nSPS) is 10.3. The van der Waals surface area contributed by atoms with Crippen LogP contribution in [0.3, 0.4) is 0 Å². The lowest BCUT2D eigenvalue weighted by molar-refractivity contribution is 0.100. The summed E-state index contributed by atoms with van der Waals surface area (Å²) in [7, 11) is 0. The molecule has 17 heavy (non-hydrogen) atoms. The first-order valence-electron chi connectivity index (χ1n) is 5.17. The highest BCUT2D eigenvalue weighted by molar-refractivity contribution is 6.31. The van der Waals surface area contributed by atoms with E-state index in [1.807, 2.05) is 25.1 Å². The van der Waals surface area contributed by atoms with Crippen LogP contribution >= 0.6 is 11.6 Å². The van der Waals surface area contributed by atoms with Crippen molar-refractivity contribution in [1.29, 1.82) is 0 Å². The predicted molar refractivity (Wildman–Crippen MR) is 67.2 cm³/mol. The number of Topliss-reactive ketones (excluding diaryl/α,β-unsaturated/α-hetero) is 1. The number of rotatable bonds is 2. The van der Waals surface area contributed by atoms with Gasteiger partial charge in [-0.15, -0.1) is 0 Å². The third-order valence-corrected chi connectivity index (χ3v) is 2.88. The summed E-state index contributed by atoms with van der Waals surface area (Å²) in [5, 5.41) is 0.732. The molecule has 0 atom stereocenters. The zero-order valence-corrected chi connectivity index (χ0v) is 10.3. The fourth-order valence-corrected chi connectivity index (χ4v) is 1.60. The fourth-order valence-electron chi connectivity index (χ4n) is 1.48. The van der Waals surface area contributed by atoms with Crippen LogP contribution in [-0.4, -0.2) is 15.8 Å². The van der Waals surface area contributed by atoms with Crippen LogP contribution in [0.25, 0.3) is 11.1 Å². The van der Waals surface area contributed by atoms with E-state index < -0.39 is 0 Å². The average Bonchev–Trinajstić information content (AvgIpc) is 2.33. The summed E-state index contributed by atoms with van der Waals surface area (Å²) >= 11 is 5.96. The molecule has 0 amide bonds. The van der Waals surface area contributed by atoms with Crippen LogP contribution in [0.4, 0.5) is 0 Å². The molecule has 0 spiro atoms. The van der Waals surface area contributed by atoms with E-state index in [1.165, 1.54) is 6.92 Å². The molecule has 2 rings (SSSR count). The number of carbonyl (C=O) groups excluding carboxylic acids is 1. The smallest absolute Gasteiger partial charge is 0.196 e. The van der Waals surface area contributed by atoms with Gasteiger partial charge in [-0.3, -0.25) is 4.79 Å². The molecule has 0 N–H and O–H groups in total. The molecule has 0 unspecified atom stereocenters. The summed E-state index contributed by atoms with van der Waals surface area (Å²) in [6, 6.07) is 5.71. The van der Waals surface area contributed by atoms with Crippen LogP contribution in [0, 0.1) is 6.92 Å². The molecule has 2 aromatic rings. The van der Waals surface area contributed by atoms with Crippen molar-refractivity contribution in [2.45, 2.75) is 13.8 Å². The minimum atomic E-state index is -0.135. The SMILES string of the molecule is CC(=O)c1ncc(-c2ccc(Cl)c(C)c2)cn1. The van der Waals surface area contributed by atoms with Crippen molar-refractivity contribution in [1.82, 2.24) is 9.97 Å². The maximum atomic E-state index is 11.0. The number of aromatic nitrogens is 2. The van der Waals surface area contributed by atoms with Crippen LogP contribution in [-0.2, 0) is 0 Å². The van der Waals surface area contributed by atoms with E-state index in [0.29, 0.717) is 0 Å². The first-order valence-corrected chi connectivity index (χ1v) is 5.55. The number of hydrogen-bond acceptors (Lipinski definition) is 3. The molecule has 0 aliphatic heterocycles. The van der Waals surface area contributed by atoms with Gasteiger partial charge in [0.05, 0.1) is 0 Å². The highest BCUT2D eigenvalue weighted by Gasteiger charge is 2.05. The molecular formula is C13H11ClN2O. The van der Waals surface area contributed by atoms with Gasteiger partial charge in [0.15, 0.2) is 11.6 Å². The van der Waals surface area contributed by atoms with Gasteiger partial charge in [-0.2, -0.15) is 0 Å². The topological polar surface area (TPSA) is 42.9 Å². The van der Waals surface area contributed by atoms with Crippen molar-refractivity contribution in [3.63, 3.8) is 0 Å². The maximum absolute atomic E-state index is 11.0. The summed E-state index contributed by atoms with van der Waals surface area (Å²) in [4.78, 5) is 19.1.